The lowest BCUT2D eigenvalue weighted by Crippen LogP contribution is -2.47. The van der Waals surface area contributed by atoms with E-state index in [1.165, 1.54) is 4.90 Å². The van der Waals surface area contributed by atoms with Gasteiger partial charge in [-0.25, -0.2) is 19.6 Å². The Morgan fingerprint density at radius 2 is 2.00 bits per heavy atom. The van der Waals surface area contributed by atoms with Crippen LogP contribution in [0, 0.1) is 12.3 Å². The van der Waals surface area contributed by atoms with Crippen LogP contribution in [-0.4, -0.2) is 71.0 Å². The Balaban J connectivity index is 1.84. The van der Waals surface area contributed by atoms with Crippen LogP contribution in [0.1, 0.15) is 57.4 Å². The van der Waals surface area contributed by atoms with E-state index in [9.17, 15) is 14.7 Å². The van der Waals surface area contributed by atoms with Gasteiger partial charge in [0, 0.05) is 42.4 Å². The molecule has 0 radical (unpaired) electrons. The number of hydrogen-bond acceptors (Lipinski definition) is 6. The van der Waals surface area contributed by atoms with Gasteiger partial charge in [-0.05, 0) is 49.9 Å². The number of carbonyl (C=O) groups excluding carboxylic acids is 1. The fraction of sp³-hybridized carbons (Fsp3) is 0.556. The highest BCUT2D eigenvalue weighted by Crippen LogP contribution is 2.45. The van der Waals surface area contributed by atoms with Crippen LogP contribution in [0.2, 0.25) is 0 Å². The van der Waals surface area contributed by atoms with Crippen molar-refractivity contribution in [3.63, 3.8) is 0 Å². The van der Waals surface area contributed by atoms with Gasteiger partial charge in [0.2, 0.25) is 0 Å². The number of aromatic nitrogens is 2. The van der Waals surface area contributed by atoms with Gasteiger partial charge in [-0.15, -0.1) is 0 Å². The van der Waals surface area contributed by atoms with Crippen LogP contribution in [0.3, 0.4) is 0 Å². The van der Waals surface area contributed by atoms with Gasteiger partial charge in [0.1, 0.15) is 5.82 Å². The smallest absolute Gasteiger partial charge is 0.407 e. The summed E-state index contributed by atoms with van der Waals surface area (Å²) in [5.41, 5.74) is 3.98. The number of nitrogens with zero attached hydrogens (tertiary/aromatic N) is 4. The summed E-state index contributed by atoms with van der Waals surface area (Å²) in [4.78, 5) is 37.9. The minimum Gasteiger partial charge on any atom is -0.465 e. The molecule has 37 heavy (non-hydrogen) atoms. The van der Waals surface area contributed by atoms with Crippen molar-refractivity contribution in [2.75, 3.05) is 43.1 Å². The minimum absolute atomic E-state index is 0.0585. The second-order valence-electron chi connectivity index (χ2n) is 10.9. The average molecular weight is 511 g/mol. The number of urea groups is 1. The molecule has 10 nitrogen and oxygen atoms in total. The number of ether oxygens (including phenoxy) is 1. The first kappa shape index (κ1) is 26.7. The molecule has 3 N–H and O–H groups in total. The van der Waals surface area contributed by atoms with Crippen molar-refractivity contribution in [3.05, 3.63) is 35.0 Å². The molecule has 1 fully saturated rings. The Kier molecular flexibility index (Phi) is 7.59. The first-order valence-corrected chi connectivity index (χ1v) is 12.9. The van der Waals surface area contributed by atoms with E-state index >= 15 is 0 Å². The number of aryl methyl sites for hydroxylation is 1. The van der Waals surface area contributed by atoms with E-state index in [2.05, 4.69) is 43.2 Å². The molecule has 4 rings (SSSR count). The largest absolute Gasteiger partial charge is 0.465 e. The standard InChI is InChI=1S/C27H38N6O4/c1-7-28-25(34)30-20-9-8-18(12-16(20)2)23-29-21-14-32(26(35)36)13-19(27(4,5)6)22(21)24(31-23)33-10-11-37-15-17(33)3/h8-9,12,17,19H,7,10-11,13-15H2,1-6H3,(H,35,36)(H2,28,30,34). The number of morpholine rings is 1. The molecule has 2 atom stereocenters. The molecule has 2 aliphatic rings. The highest BCUT2D eigenvalue weighted by Gasteiger charge is 2.40. The van der Waals surface area contributed by atoms with Crippen LogP contribution in [-0.2, 0) is 11.3 Å². The zero-order chi connectivity index (χ0) is 26.9. The van der Waals surface area contributed by atoms with Crippen LogP contribution >= 0.6 is 0 Å². The molecule has 0 saturated carbocycles. The molecule has 1 aromatic carbocycles. The van der Waals surface area contributed by atoms with Crippen LogP contribution < -0.4 is 15.5 Å². The Hall–Kier alpha value is -3.40. The number of rotatable bonds is 4. The summed E-state index contributed by atoms with van der Waals surface area (Å²) in [6, 6.07) is 5.57. The van der Waals surface area contributed by atoms with Gasteiger partial charge >= 0.3 is 12.1 Å². The van der Waals surface area contributed by atoms with Crippen molar-refractivity contribution in [2.24, 2.45) is 5.41 Å². The number of carboxylic acid groups (broad SMARTS) is 1. The van der Waals surface area contributed by atoms with E-state index in [1.807, 2.05) is 32.0 Å². The molecule has 1 aromatic heterocycles. The monoisotopic (exact) mass is 510 g/mol. The lowest BCUT2D eigenvalue weighted by molar-refractivity contribution is 0.0976. The van der Waals surface area contributed by atoms with Gasteiger partial charge < -0.3 is 30.3 Å². The number of amides is 3. The molecular weight excluding hydrogens is 472 g/mol. The molecular formula is C27H38N6O4. The zero-order valence-corrected chi connectivity index (χ0v) is 22.6. The summed E-state index contributed by atoms with van der Waals surface area (Å²) < 4.78 is 5.70. The number of hydrogen-bond donors (Lipinski definition) is 3. The quantitative estimate of drug-likeness (QED) is 0.556. The number of anilines is 2. The van der Waals surface area contributed by atoms with E-state index in [-0.39, 0.29) is 30.0 Å². The van der Waals surface area contributed by atoms with E-state index in [0.717, 1.165) is 28.2 Å². The molecule has 3 amide bonds. The summed E-state index contributed by atoms with van der Waals surface area (Å²) in [5.74, 6) is 1.35. The Morgan fingerprint density at radius 3 is 2.62 bits per heavy atom. The van der Waals surface area contributed by atoms with E-state index in [0.29, 0.717) is 44.4 Å². The SMILES string of the molecule is CCNC(=O)Nc1ccc(-c2nc3c(c(N4CCOCC4C)n2)C(C(C)(C)C)CN(C(=O)O)C3)cc1C. The minimum atomic E-state index is -0.946. The summed E-state index contributed by atoms with van der Waals surface area (Å²) in [5, 5.41) is 15.5. The van der Waals surface area contributed by atoms with Crippen molar-refractivity contribution >= 4 is 23.6 Å². The maximum Gasteiger partial charge on any atom is 0.407 e. The van der Waals surface area contributed by atoms with E-state index in [1.54, 1.807) is 0 Å². The average Bonchev–Trinajstić information content (AvgIpc) is 2.83. The lowest BCUT2D eigenvalue weighted by Gasteiger charge is -2.43. The summed E-state index contributed by atoms with van der Waals surface area (Å²) >= 11 is 0. The van der Waals surface area contributed by atoms with Gasteiger partial charge in [-0.2, -0.15) is 0 Å². The third-order valence-corrected chi connectivity index (χ3v) is 7.12. The summed E-state index contributed by atoms with van der Waals surface area (Å²) in [6.45, 7) is 15.4. The third kappa shape index (κ3) is 5.64. The Labute approximate surface area is 218 Å². The van der Waals surface area contributed by atoms with Gasteiger partial charge in [0.25, 0.3) is 0 Å². The maximum atomic E-state index is 12.1. The fourth-order valence-electron chi connectivity index (χ4n) is 5.05. The second kappa shape index (κ2) is 10.5. The maximum absolute atomic E-state index is 12.1. The highest BCUT2D eigenvalue weighted by atomic mass is 16.5. The summed E-state index contributed by atoms with van der Waals surface area (Å²) in [7, 11) is 0. The fourth-order valence-corrected chi connectivity index (χ4v) is 5.05. The van der Waals surface area contributed by atoms with Crippen molar-refractivity contribution in [2.45, 2.75) is 60.0 Å². The van der Waals surface area contributed by atoms with Crippen molar-refractivity contribution < 1.29 is 19.4 Å². The van der Waals surface area contributed by atoms with E-state index in [4.69, 9.17) is 14.7 Å². The van der Waals surface area contributed by atoms with Gasteiger partial charge in [0.15, 0.2) is 5.82 Å². The molecule has 0 aliphatic carbocycles. The topological polar surface area (TPSA) is 120 Å². The molecule has 2 aliphatic heterocycles. The number of benzene rings is 1. The van der Waals surface area contributed by atoms with Crippen molar-refractivity contribution in [1.29, 1.82) is 0 Å². The molecule has 0 bridgehead atoms. The summed E-state index contributed by atoms with van der Waals surface area (Å²) in [6.07, 6.45) is -0.946. The van der Waals surface area contributed by atoms with Crippen molar-refractivity contribution in [1.82, 2.24) is 20.2 Å². The van der Waals surface area contributed by atoms with Gasteiger partial charge in [-0.3, -0.25) is 0 Å². The number of fused-ring (bicyclic) bond motifs is 1. The van der Waals surface area contributed by atoms with Gasteiger partial charge in [-0.1, -0.05) is 20.8 Å². The predicted octanol–water partition coefficient (Wildman–Crippen LogP) is 4.44. The molecule has 2 aromatic rings. The molecule has 2 unspecified atom stereocenters. The predicted molar refractivity (Wildman–Crippen MR) is 143 cm³/mol. The van der Waals surface area contributed by atoms with Crippen molar-refractivity contribution in [3.8, 4) is 11.4 Å². The van der Waals surface area contributed by atoms with E-state index < -0.39 is 6.09 Å². The van der Waals surface area contributed by atoms with Crippen LogP contribution in [0.25, 0.3) is 11.4 Å². The second-order valence-corrected chi connectivity index (χ2v) is 10.9. The first-order chi connectivity index (χ1) is 17.5. The van der Waals surface area contributed by atoms with Crippen LogP contribution in [0.5, 0.6) is 0 Å². The molecule has 200 valence electrons. The highest BCUT2D eigenvalue weighted by molar-refractivity contribution is 5.90. The van der Waals surface area contributed by atoms with Gasteiger partial charge in [0.05, 0.1) is 31.5 Å². The van der Waals surface area contributed by atoms with Crippen LogP contribution in [0.15, 0.2) is 18.2 Å². The first-order valence-electron chi connectivity index (χ1n) is 12.9. The third-order valence-electron chi connectivity index (χ3n) is 7.12. The lowest BCUT2D eigenvalue weighted by atomic mass is 9.74. The Morgan fingerprint density at radius 1 is 1.24 bits per heavy atom. The molecule has 3 heterocycles. The molecule has 10 heteroatoms. The molecule has 1 saturated heterocycles. The van der Waals surface area contributed by atoms with Crippen LogP contribution in [0.4, 0.5) is 21.1 Å². The number of carbonyl (C=O) groups is 2. The zero-order valence-electron chi connectivity index (χ0n) is 22.6. The normalized spacial score (nSPS) is 19.8. The number of nitrogens with one attached hydrogen (secondary N) is 2. The molecule has 0 spiro atoms. The Bertz CT molecular complexity index is 1180.